The quantitative estimate of drug-likeness (QED) is 0.153. The number of aromatic nitrogens is 2. The van der Waals surface area contributed by atoms with Crippen molar-refractivity contribution < 1.29 is 24.3 Å². The molecule has 1 saturated heterocycles. The Morgan fingerprint density at radius 2 is 2.09 bits per heavy atom. The molecule has 190 valence electrons. The molecule has 11 nitrogen and oxygen atoms in total. The maximum Gasteiger partial charge on any atom is 0.243 e. The van der Waals surface area contributed by atoms with Gasteiger partial charge in [0.1, 0.15) is 0 Å². The molecule has 1 aliphatic heterocycles. The summed E-state index contributed by atoms with van der Waals surface area (Å²) >= 11 is 6.06. The number of hydrogen-bond acceptors (Lipinski definition) is 9. The van der Waals surface area contributed by atoms with Gasteiger partial charge in [-0.3, -0.25) is 30.5 Å². The highest BCUT2D eigenvalue weighted by Gasteiger charge is 2.30. The van der Waals surface area contributed by atoms with Gasteiger partial charge in [0.25, 0.3) is 0 Å². The van der Waals surface area contributed by atoms with Crippen LogP contribution in [-0.2, 0) is 9.59 Å². The van der Waals surface area contributed by atoms with Gasteiger partial charge in [0.05, 0.1) is 19.1 Å². The van der Waals surface area contributed by atoms with Crippen molar-refractivity contribution in [3.05, 3.63) is 11.1 Å². The van der Waals surface area contributed by atoms with Crippen molar-refractivity contribution in [1.82, 2.24) is 25.4 Å². The molecule has 2 atom stereocenters. The van der Waals surface area contributed by atoms with Gasteiger partial charge in [-0.2, -0.15) is 14.4 Å². The first-order valence-electron chi connectivity index (χ1n) is 11.6. The predicted molar refractivity (Wildman–Crippen MR) is 124 cm³/mol. The van der Waals surface area contributed by atoms with Crippen LogP contribution in [0.15, 0.2) is 0 Å². The molecule has 1 unspecified atom stereocenters. The molecule has 0 spiro atoms. The maximum absolute atomic E-state index is 15.3. The summed E-state index contributed by atoms with van der Waals surface area (Å²) in [6, 6.07) is -0.0853. The zero-order chi connectivity index (χ0) is 24.7. The average molecular weight is 502 g/mol. The molecule has 1 aromatic rings. The molecule has 3 rings (SSSR count). The topological polar surface area (TPSA) is 134 Å². The van der Waals surface area contributed by atoms with Gasteiger partial charge in [0, 0.05) is 32.2 Å². The van der Waals surface area contributed by atoms with Gasteiger partial charge in [-0.05, 0) is 30.9 Å². The van der Waals surface area contributed by atoms with Gasteiger partial charge in [0.15, 0.2) is 11.6 Å². The van der Waals surface area contributed by atoms with Crippen LogP contribution < -0.4 is 15.8 Å². The van der Waals surface area contributed by atoms with Crippen molar-refractivity contribution >= 4 is 35.6 Å². The molecule has 13 heteroatoms. The number of hydroxylamine groups is 2. The Balaban J connectivity index is 1.69. The fourth-order valence-corrected chi connectivity index (χ4v) is 4.94. The van der Waals surface area contributed by atoms with Crippen molar-refractivity contribution in [3.8, 4) is 0 Å². The van der Waals surface area contributed by atoms with E-state index in [9.17, 15) is 14.8 Å². The zero-order valence-corrected chi connectivity index (χ0v) is 20.0. The molecule has 4 N–H and O–H groups in total. The van der Waals surface area contributed by atoms with E-state index in [-0.39, 0.29) is 42.5 Å². The monoisotopic (exact) mass is 501 g/mol. The lowest BCUT2D eigenvalue weighted by molar-refractivity contribution is -0.154. The van der Waals surface area contributed by atoms with E-state index in [1.165, 1.54) is 0 Å². The van der Waals surface area contributed by atoms with Crippen molar-refractivity contribution in [2.75, 3.05) is 49.7 Å². The third kappa shape index (κ3) is 6.87. The Kier molecular flexibility index (Phi) is 9.63. The van der Waals surface area contributed by atoms with Crippen molar-refractivity contribution in [2.24, 2.45) is 11.8 Å². The summed E-state index contributed by atoms with van der Waals surface area (Å²) in [6.07, 6.45) is 4.92. The van der Waals surface area contributed by atoms with Crippen LogP contribution in [-0.4, -0.2) is 87.9 Å². The van der Waals surface area contributed by atoms with Crippen LogP contribution in [0.4, 0.5) is 16.0 Å². The minimum Gasteiger partial charge on any atom is -0.395 e. The van der Waals surface area contributed by atoms with Crippen LogP contribution in [0, 0.1) is 17.7 Å². The number of β-amino-alcohol motifs (C(OH)–C–C–N with tert-alkyl or cyclic N) is 1. The molecule has 0 radical (unpaired) electrons. The first-order chi connectivity index (χ1) is 16.3. The lowest BCUT2D eigenvalue weighted by Crippen LogP contribution is -2.53. The molecular weight excluding hydrogens is 469 g/mol. The van der Waals surface area contributed by atoms with E-state index in [1.807, 2.05) is 6.92 Å². The number of carbonyl (C=O) groups is 2. The Labute approximate surface area is 203 Å². The molecule has 2 aliphatic rings. The number of aliphatic hydroxyl groups excluding tert-OH is 1. The third-order valence-electron chi connectivity index (χ3n) is 6.50. The number of hydrazine groups is 1. The molecule has 2 fully saturated rings. The summed E-state index contributed by atoms with van der Waals surface area (Å²) in [7, 11) is 0. The fourth-order valence-electron chi connectivity index (χ4n) is 4.78. The number of piperazine rings is 1. The zero-order valence-electron chi connectivity index (χ0n) is 19.3. The maximum atomic E-state index is 15.3. The first kappa shape index (κ1) is 26.3. The third-order valence-corrected chi connectivity index (χ3v) is 6.67. The van der Waals surface area contributed by atoms with Crippen molar-refractivity contribution in [1.29, 1.82) is 0 Å². The van der Waals surface area contributed by atoms with E-state index >= 15 is 4.39 Å². The van der Waals surface area contributed by atoms with Crippen LogP contribution in [0.25, 0.3) is 0 Å². The fraction of sp³-hybridized carbons (Fsp3) is 0.714. The van der Waals surface area contributed by atoms with Crippen molar-refractivity contribution in [2.45, 2.75) is 45.1 Å². The van der Waals surface area contributed by atoms with Gasteiger partial charge in [-0.15, -0.1) is 0 Å². The second kappa shape index (κ2) is 12.4. The molecule has 1 saturated carbocycles. The molecule has 0 aromatic carbocycles. The highest BCUT2D eigenvalue weighted by Crippen LogP contribution is 2.31. The van der Waals surface area contributed by atoms with Crippen molar-refractivity contribution in [3.63, 3.8) is 0 Å². The largest absolute Gasteiger partial charge is 0.395 e. The van der Waals surface area contributed by atoms with E-state index in [1.54, 1.807) is 4.90 Å². The average Bonchev–Trinajstić information content (AvgIpc) is 3.32. The molecule has 1 aliphatic carbocycles. The van der Waals surface area contributed by atoms with Crippen LogP contribution in [0.1, 0.15) is 39.0 Å². The van der Waals surface area contributed by atoms with Crippen LogP contribution in [0.2, 0.25) is 5.28 Å². The Hall–Kier alpha value is -2.28. The predicted octanol–water partition coefficient (Wildman–Crippen LogP) is 1.26. The molecule has 0 bridgehead atoms. The number of rotatable bonds is 11. The lowest BCUT2D eigenvalue weighted by atomic mass is 9.92. The van der Waals surface area contributed by atoms with E-state index < -0.39 is 17.6 Å². The number of nitrogens with one attached hydrogen (secondary N) is 2. The molecule has 1 aromatic heterocycles. The minimum absolute atomic E-state index is 0.0258. The summed E-state index contributed by atoms with van der Waals surface area (Å²) in [5, 5.41) is 19.0. The number of aliphatic hydroxyl groups is 1. The van der Waals surface area contributed by atoms with Crippen LogP contribution in [0.5, 0.6) is 0 Å². The van der Waals surface area contributed by atoms with E-state index in [2.05, 4.69) is 25.7 Å². The summed E-state index contributed by atoms with van der Waals surface area (Å²) in [5.74, 6) is -1.84. The van der Waals surface area contributed by atoms with Gasteiger partial charge in [-0.1, -0.05) is 25.7 Å². The summed E-state index contributed by atoms with van der Waals surface area (Å²) in [5.41, 5.74) is 4.95. The number of amides is 2. The lowest BCUT2D eigenvalue weighted by Gasteiger charge is -2.40. The second-order valence-corrected chi connectivity index (χ2v) is 9.31. The standard InChI is InChI=1S/C21H33ClFN7O4/c1-14-11-28(8-9-31)6-7-30(14)19-17(23)18(24-21(22)25-19)26-27-20(33)16(12-29(34)13-32)10-15-4-2-3-5-15/h13-16,31,34H,2-12H2,1H3,(H,27,33)(H,24,25,26)/t14?,16-/m1/s1. The number of anilines is 2. The van der Waals surface area contributed by atoms with E-state index in [0.29, 0.717) is 43.6 Å². The number of halogens is 2. The number of hydrogen-bond donors (Lipinski definition) is 4. The SMILES string of the molecule is CC1CN(CCO)CCN1c1nc(Cl)nc(NNC(=O)[C@H](CC2CCCC2)CN(O)C=O)c1F. The van der Waals surface area contributed by atoms with Gasteiger partial charge in [0.2, 0.25) is 23.4 Å². The summed E-state index contributed by atoms with van der Waals surface area (Å²) in [4.78, 5) is 35.5. The minimum atomic E-state index is -0.754. The molecular formula is C21H33ClFN7O4. The number of nitrogens with zero attached hydrogens (tertiary/aromatic N) is 5. The summed E-state index contributed by atoms with van der Waals surface area (Å²) in [6.45, 7) is 4.09. The van der Waals surface area contributed by atoms with Crippen LogP contribution >= 0.6 is 11.6 Å². The Bertz CT molecular complexity index is 846. The highest BCUT2D eigenvalue weighted by atomic mass is 35.5. The van der Waals surface area contributed by atoms with Gasteiger partial charge in [-0.25, -0.2) is 5.06 Å². The Morgan fingerprint density at radius 1 is 1.35 bits per heavy atom. The molecule has 34 heavy (non-hydrogen) atoms. The van der Waals surface area contributed by atoms with E-state index in [4.69, 9.17) is 16.7 Å². The Morgan fingerprint density at radius 3 is 2.74 bits per heavy atom. The molecule has 2 heterocycles. The van der Waals surface area contributed by atoms with Gasteiger partial charge < -0.3 is 10.0 Å². The van der Waals surface area contributed by atoms with Crippen LogP contribution in [0.3, 0.4) is 0 Å². The second-order valence-electron chi connectivity index (χ2n) is 8.97. The number of carbonyl (C=O) groups excluding carboxylic acids is 2. The van der Waals surface area contributed by atoms with E-state index in [0.717, 1.165) is 25.7 Å². The summed E-state index contributed by atoms with van der Waals surface area (Å²) < 4.78 is 15.3. The highest BCUT2D eigenvalue weighted by molar-refractivity contribution is 6.28. The normalized spacial score (nSPS) is 20.3. The molecule has 2 amide bonds. The smallest absolute Gasteiger partial charge is 0.243 e. The van der Waals surface area contributed by atoms with Gasteiger partial charge >= 0.3 is 0 Å². The first-order valence-corrected chi connectivity index (χ1v) is 12.0.